The molecule has 1 aromatic rings. The first kappa shape index (κ1) is 13.6. The van der Waals surface area contributed by atoms with Crippen LogP contribution in [0, 0.1) is 11.6 Å². The van der Waals surface area contributed by atoms with Gasteiger partial charge in [-0.05, 0) is 24.1 Å². The molecule has 0 fully saturated rings. The van der Waals surface area contributed by atoms with Crippen LogP contribution in [0.25, 0.3) is 0 Å². The number of aliphatic carboxylic acids is 1. The number of hydrogen-bond donors (Lipinski definition) is 2. The van der Waals surface area contributed by atoms with E-state index in [4.69, 9.17) is 5.73 Å². The summed E-state index contributed by atoms with van der Waals surface area (Å²) < 4.78 is 26.2. The smallest absolute Gasteiger partial charge is 0.315 e. The van der Waals surface area contributed by atoms with Crippen molar-refractivity contribution < 1.29 is 18.7 Å². The van der Waals surface area contributed by atoms with Crippen LogP contribution in [0.3, 0.4) is 0 Å². The summed E-state index contributed by atoms with van der Waals surface area (Å²) in [6, 6.07) is 2.76. The van der Waals surface area contributed by atoms with Gasteiger partial charge < -0.3 is 10.8 Å². The molecule has 0 aromatic heterocycles. The fraction of sp³-hybridized carbons (Fsp3) is 0.417. The summed E-state index contributed by atoms with van der Waals surface area (Å²) in [7, 11) is 0. The molecule has 94 valence electrons. The van der Waals surface area contributed by atoms with E-state index in [1.165, 1.54) is 0 Å². The molecule has 0 aliphatic heterocycles. The second-order valence-electron chi connectivity index (χ2n) is 4.00. The van der Waals surface area contributed by atoms with Crippen molar-refractivity contribution in [2.45, 2.75) is 25.2 Å². The summed E-state index contributed by atoms with van der Waals surface area (Å²) in [4.78, 5) is 11.3. The van der Waals surface area contributed by atoms with Crippen LogP contribution in [0.4, 0.5) is 8.78 Å². The van der Waals surface area contributed by atoms with Gasteiger partial charge >= 0.3 is 5.97 Å². The van der Waals surface area contributed by atoms with Crippen molar-refractivity contribution in [3.63, 3.8) is 0 Å². The molecule has 17 heavy (non-hydrogen) atoms. The fourth-order valence-corrected chi connectivity index (χ4v) is 1.94. The minimum atomic E-state index is -1.42. The molecule has 3 nitrogen and oxygen atoms in total. The molecular formula is C12H15F2NO2. The molecule has 0 aliphatic carbocycles. The first-order valence-electron chi connectivity index (χ1n) is 5.36. The average Bonchev–Trinajstić information content (AvgIpc) is 2.24. The van der Waals surface area contributed by atoms with Gasteiger partial charge in [-0.15, -0.1) is 0 Å². The molecule has 0 aliphatic rings. The van der Waals surface area contributed by atoms with Crippen molar-refractivity contribution in [2.75, 3.05) is 6.54 Å². The largest absolute Gasteiger partial charge is 0.481 e. The van der Waals surface area contributed by atoms with Gasteiger partial charge in [0.1, 0.15) is 17.0 Å². The molecule has 0 heterocycles. The third-order valence-corrected chi connectivity index (χ3v) is 2.85. The van der Waals surface area contributed by atoms with E-state index in [-0.39, 0.29) is 18.5 Å². The topological polar surface area (TPSA) is 63.3 Å². The van der Waals surface area contributed by atoms with E-state index < -0.39 is 23.0 Å². The summed E-state index contributed by atoms with van der Waals surface area (Å²) in [6.45, 7) is 1.60. The Balaban J connectivity index is 3.34. The first-order valence-corrected chi connectivity index (χ1v) is 5.36. The van der Waals surface area contributed by atoms with Crippen LogP contribution in [0.1, 0.15) is 25.3 Å². The molecule has 1 atom stereocenters. The van der Waals surface area contributed by atoms with E-state index in [1.807, 2.05) is 0 Å². The van der Waals surface area contributed by atoms with Gasteiger partial charge in [0.2, 0.25) is 0 Å². The maximum Gasteiger partial charge on any atom is 0.315 e. The van der Waals surface area contributed by atoms with Crippen LogP contribution in [-0.4, -0.2) is 17.6 Å². The third-order valence-electron chi connectivity index (χ3n) is 2.85. The number of carboxylic acid groups (broad SMARTS) is 1. The van der Waals surface area contributed by atoms with Crippen LogP contribution in [-0.2, 0) is 10.2 Å². The number of carboxylic acids is 1. The predicted octanol–water partition coefficient (Wildman–Crippen LogP) is 2.05. The maximum absolute atomic E-state index is 13.1. The van der Waals surface area contributed by atoms with Gasteiger partial charge in [-0.1, -0.05) is 13.3 Å². The van der Waals surface area contributed by atoms with Crippen LogP contribution in [0.5, 0.6) is 0 Å². The van der Waals surface area contributed by atoms with Crippen molar-refractivity contribution in [3.05, 3.63) is 35.4 Å². The Hall–Kier alpha value is -1.49. The molecule has 1 aromatic carbocycles. The third kappa shape index (κ3) is 2.61. The Morgan fingerprint density at radius 1 is 1.35 bits per heavy atom. The van der Waals surface area contributed by atoms with E-state index >= 15 is 0 Å². The van der Waals surface area contributed by atoms with E-state index in [0.717, 1.165) is 12.1 Å². The highest BCUT2D eigenvalue weighted by atomic mass is 19.1. The Morgan fingerprint density at radius 3 is 2.24 bits per heavy atom. The Morgan fingerprint density at radius 2 is 1.88 bits per heavy atom. The van der Waals surface area contributed by atoms with E-state index in [0.29, 0.717) is 12.5 Å². The number of carbonyl (C=O) groups is 1. The molecule has 0 radical (unpaired) electrons. The van der Waals surface area contributed by atoms with E-state index in [2.05, 4.69) is 0 Å². The summed E-state index contributed by atoms with van der Waals surface area (Å²) in [5.41, 5.74) is 4.16. The van der Waals surface area contributed by atoms with Crippen molar-refractivity contribution in [1.29, 1.82) is 0 Å². The zero-order valence-corrected chi connectivity index (χ0v) is 9.54. The van der Waals surface area contributed by atoms with Gasteiger partial charge in [0.05, 0.1) is 0 Å². The van der Waals surface area contributed by atoms with Crippen molar-refractivity contribution >= 4 is 5.97 Å². The lowest BCUT2D eigenvalue weighted by Gasteiger charge is -2.28. The lowest BCUT2D eigenvalue weighted by Crippen LogP contribution is -2.43. The molecule has 0 amide bonds. The molecule has 0 saturated carbocycles. The van der Waals surface area contributed by atoms with E-state index in [1.54, 1.807) is 6.92 Å². The molecule has 1 unspecified atom stereocenters. The normalized spacial score (nSPS) is 14.4. The van der Waals surface area contributed by atoms with Gasteiger partial charge in [0.15, 0.2) is 0 Å². The zero-order valence-electron chi connectivity index (χ0n) is 9.54. The monoisotopic (exact) mass is 243 g/mol. The standard InChI is InChI=1S/C12H15F2NO2/c1-2-3-12(7-15,11(16)17)8-4-9(13)6-10(14)5-8/h4-6H,2-3,7,15H2,1H3,(H,16,17). The van der Waals surface area contributed by atoms with Gasteiger partial charge in [0, 0.05) is 12.6 Å². The molecule has 0 saturated heterocycles. The summed E-state index contributed by atoms with van der Waals surface area (Å²) in [5.74, 6) is -2.75. The number of halogens is 2. The number of nitrogens with two attached hydrogens (primary N) is 1. The maximum atomic E-state index is 13.1. The molecule has 5 heteroatoms. The Kier molecular flexibility index (Phi) is 4.17. The Labute approximate surface area is 98.2 Å². The molecule has 1 rings (SSSR count). The minimum absolute atomic E-state index is 0.0758. The minimum Gasteiger partial charge on any atom is -0.481 e. The Bertz CT molecular complexity index is 403. The average molecular weight is 243 g/mol. The van der Waals surface area contributed by atoms with Gasteiger partial charge in [0.25, 0.3) is 0 Å². The van der Waals surface area contributed by atoms with Crippen molar-refractivity contribution in [1.82, 2.24) is 0 Å². The molecular weight excluding hydrogens is 228 g/mol. The van der Waals surface area contributed by atoms with E-state index in [9.17, 15) is 18.7 Å². The van der Waals surface area contributed by atoms with Gasteiger partial charge in [-0.2, -0.15) is 0 Å². The lowest BCUT2D eigenvalue weighted by molar-refractivity contribution is -0.143. The first-order chi connectivity index (χ1) is 7.96. The second-order valence-corrected chi connectivity index (χ2v) is 4.00. The van der Waals surface area contributed by atoms with Crippen LogP contribution >= 0.6 is 0 Å². The lowest BCUT2D eigenvalue weighted by atomic mass is 9.77. The highest BCUT2D eigenvalue weighted by Crippen LogP contribution is 2.30. The fourth-order valence-electron chi connectivity index (χ4n) is 1.94. The molecule has 0 bridgehead atoms. The van der Waals surface area contributed by atoms with Gasteiger partial charge in [-0.25, -0.2) is 8.78 Å². The van der Waals surface area contributed by atoms with Crippen molar-refractivity contribution in [3.8, 4) is 0 Å². The van der Waals surface area contributed by atoms with Crippen LogP contribution < -0.4 is 5.73 Å². The van der Waals surface area contributed by atoms with Gasteiger partial charge in [-0.3, -0.25) is 4.79 Å². The number of benzene rings is 1. The molecule has 3 N–H and O–H groups in total. The highest BCUT2D eigenvalue weighted by Gasteiger charge is 2.38. The summed E-state index contributed by atoms with van der Waals surface area (Å²) in [5, 5.41) is 9.27. The molecule has 0 spiro atoms. The number of rotatable bonds is 5. The second kappa shape index (κ2) is 5.23. The number of hydrogen-bond acceptors (Lipinski definition) is 2. The quantitative estimate of drug-likeness (QED) is 0.831. The zero-order chi connectivity index (χ0) is 13.1. The van der Waals surface area contributed by atoms with Crippen LogP contribution in [0.15, 0.2) is 18.2 Å². The predicted molar refractivity (Wildman–Crippen MR) is 59.6 cm³/mol. The van der Waals surface area contributed by atoms with Crippen molar-refractivity contribution in [2.24, 2.45) is 5.73 Å². The highest BCUT2D eigenvalue weighted by molar-refractivity contribution is 5.81. The summed E-state index contributed by atoms with van der Waals surface area (Å²) >= 11 is 0. The van der Waals surface area contributed by atoms with Crippen LogP contribution in [0.2, 0.25) is 0 Å². The summed E-state index contributed by atoms with van der Waals surface area (Å²) in [6.07, 6.45) is 0.795. The SMILES string of the molecule is CCCC(CN)(C(=O)O)c1cc(F)cc(F)c1.